The van der Waals surface area contributed by atoms with E-state index < -0.39 is 0 Å². The van der Waals surface area contributed by atoms with Crippen LogP contribution in [-0.4, -0.2) is 43.4 Å². The molecule has 2 bridgehead atoms. The van der Waals surface area contributed by atoms with Gasteiger partial charge in [-0.15, -0.1) is 0 Å². The number of nitrogens with zero attached hydrogens (tertiary/aromatic N) is 2. The molecule has 0 atom stereocenters. The van der Waals surface area contributed by atoms with Crippen molar-refractivity contribution in [3.8, 4) is 0 Å². The monoisotopic (exact) mass is 183 g/mol. The van der Waals surface area contributed by atoms with E-state index >= 15 is 0 Å². The standard InChI is InChI=1S/C9H17N3O/c10-3-6-13-11-9-7-12-4-1-8(9)2-5-12/h8H,1-7,10H2. The first-order valence-electron chi connectivity index (χ1n) is 5.01. The maximum Gasteiger partial charge on any atom is 0.129 e. The largest absolute Gasteiger partial charge is 0.394 e. The zero-order chi connectivity index (χ0) is 9.10. The molecule has 0 aromatic carbocycles. The Morgan fingerprint density at radius 2 is 2.23 bits per heavy atom. The second kappa shape index (κ2) is 4.07. The number of hydrogen-bond donors (Lipinski definition) is 1. The Labute approximate surface area is 78.7 Å². The highest BCUT2D eigenvalue weighted by Crippen LogP contribution is 2.25. The average molecular weight is 183 g/mol. The molecule has 4 nitrogen and oxygen atoms in total. The number of hydrogen-bond acceptors (Lipinski definition) is 4. The van der Waals surface area contributed by atoms with Gasteiger partial charge in [0.05, 0.1) is 5.71 Å². The SMILES string of the molecule is NCCON=C1CN2CCC1CC2. The number of piperidine rings is 3. The number of oxime groups is 1. The van der Waals surface area contributed by atoms with Crippen molar-refractivity contribution in [3.05, 3.63) is 0 Å². The second-order valence-electron chi connectivity index (χ2n) is 3.75. The van der Waals surface area contributed by atoms with Crippen molar-refractivity contribution in [2.24, 2.45) is 16.8 Å². The third-order valence-corrected chi connectivity index (χ3v) is 2.84. The van der Waals surface area contributed by atoms with Crippen LogP contribution in [0, 0.1) is 5.92 Å². The Balaban J connectivity index is 1.89. The molecule has 3 saturated heterocycles. The van der Waals surface area contributed by atoms with Crippen LogP contribution in [0.5, 0.6) is 0 Å². The predicted molar refractivity (Wildman–Crippen MR) is 51.6 cm³/mol. The molecule has 13 heavy (non-hydrogen) atoms. The van der Waals surface area contributed by atoms with Crippen molar-refractivity contribution in [1.29, 1.82) is 0 Å². The van der Waals surface area contributed by atoms with Crippen LogP contribution in [0.3, 0.4) is 0 Å². The van der Waals surface area contributed by atoms with Gasteiger partial charge in [-0.3, -0.25) is 4.90 Å². The molecule has 74 valence electrons. The van der Waals surface area contributed by atoms with E-state index in [4.69, 9.17) is 10.6 Å². The summed E-state index contributed by atoms with van der Waals surface area (Å²) in [7, 11) is 0. The van der Waals surface area contributed by atoms with Crippen molar-refractivity contribution >= 4 is 5.71 Å². The Morgan fingerprint density at radius 1 is 1.46 bits per heavy atom. The van der Waals surface area contributed by atoms with Crippen molar-refractivity contribution in [1.82, 2.24) is 4.90 Å². The van der Waals surface area contributed by atoms with E-state index in [0.29, 0.717) is 19.1 Å². The van der Waals surface area contributed by atoms with Gasteiger partial charge in [0.25, 0.3) is 0 Å². The fourth-order valence-electron chi connectivity index (χ4n) is 2.07. The third-order valence-electron chi connectivity index (χ3n) is 2.84. The van der Waals surface area contributed by atoms with E-state index in [2.05, 4.69) is 10.1 Å². The summed E-state index contributed by atoms with van der Waals surface area (Å²) in [5, 5.41) is 4.15. The highest BCUT2D eigenvalue weighted by Gasteiger charge is 2.31. The second-order valence-corrected chi connectivity index (χ2v) is 3.75. The van der Waals surface area contributed by atoms with Gasteiger partial charge in [0.1, 0.15) is 6.61 Å². The highest BCUT2D eigenvalue weighted by atomic mass is 16.6. The van der Waals surface area contributed by atoms with Crippen LogP contribution < -0.4 is 5.73 Å². The third kappa shape index (κ3) is 2.00. The zero-order valence-electron chi connectivity index (χ0n) is 7.91. The molecule has 0 amide bonds. The molecule has 0 spiro atoms. The molecule has 0 aromatic rings. The van der Waals surface area contributed by atoms with Crippen molar-refractivity contribution in [2.75, 3.05) is 32.8 Å². The molecular formula is C9H17N3O. The maximum atomic E-state index is 5.32. The topological polar surface area (TPSA) is 50.9 Å². The van der Waals surface area contributed by atoms with Gasteiger partial charge in [-0.25, -0.2) is 0 Å². The smallest absolute Gasteiger partial charge is 0.129 e. The lowest BCUT2D eigenvalue weighted by molar-refractivity contribution is 0.136. The average Bonchev–Trinajstić information content (AvgIpc) is 2.20. The first-order valence-corrected chi connectivity index (χ1v) is 5.01. The molecule has 0 radical (unpaired) electrons. The fraction of sp³-hybridized carbons (Fsp3) is 0.889. The molecule has 3 heterocycles. The number of fused-ring (bicyclic) bond motifs is 3. The van der Waals surface area contributed by atoms with Crippen LogP contribution in [0.15, 0.2) is 5.16 Å². The van der Waals surface area contributed by atoms with Gasteiger partial charge in [0.2, 0.25) is 0 Å². The summed E-state index contributed by atoms with van der Waals surface area (Å²) in [6, 6.07) is 0. The van der Waals surface area contributed by atoms with Crippen LogP contribution in [0.4, 0.5) is 0 Å². The van der Waals surface area contributed by atoms with Crippen molar-refractivity contribution in [3.63, 3.8) is 0 Å². The van der Waals surface area contributed by atoms with Gasteiger partial charge in [-0.05, 0) is 25.9 Å². The van der Waals surface area contributed by atoms with Crippen LogP contribution in [0.2, 0.25) is 0 Å². The van der Waals surface area contributed by atoms with E-state index in [9.17, 15) is 0 Å². The molecule has 2 N–H and O–H groups in total. The zero-order valence-corrected chi connectivity index (χ0v) is 7.91. The van der Waals surface area contributed by atoms with Gasteiger partial charge >= 0.3 is 0 Å². The van der Waals surface area contributed by atoms with E-state index in [1.54, 1.807) is 0 Å². The first-order chi connectivity index (χ1) is 6.40. The normalized spacial score (nSPS) is 35.3. The lowest BCUT2D eigenvalue weighted by atomic mass is 9.87. The summed E-state index contributed by atoms with van der Waals surface area (Å²) in [4.78, 5) is 7.55. The summed E-state index contributed by atoms with van der Waals surface area (Å²) >= 11 is 0. The summed E-state index contributed by atoms with van der Waals surface area (Å²) in [5.41, 5.74) is 6.54. The van der Waals surface area contributed by atoms with Crippen LogP contribution in [0.1, 0.15) is 12.8 Å². The molecular weight excluding hydrogens is 166 g/mol. The summed E-state index contributed by atoms with van der Waals surface area (Å²) in [6.45, 7) is 4.57. The minimum atomic E-state index is 0.538. The van der Waals surface area contributed by atoms with Crippen LogP contribution in [0.25, 0.3) is 0 Å². The van der Waals surface area contributed by atoms with E-state index in [1.165, 1.54) is 31.6 Å². The highest BCUT2D eigenvalue weighted by molar-refractivity contribution is 5.89. The van der Waals surface area contributed by atoms with E-state index in [-0.39, 0.29) is 0 Å². The lowest BCUT2D eigenvalue weighted by Crippen LogP contribution is -2.47. The first kappa shape index (κ1) is 8.97. The minimum absolute atomic E-state index is 0.538. The molecule has 0 saturated carbocycles. The minimum Gasteiger partial charge on any atom is -0.394 e. The Bertz CT molecular complexity index is 197. The molecule has 3 rings (SSSR count). The molecule has 0 aromatic heterocycles. The summed E-state index contributed by atoms with van der Waals surface area (Å²) in [6.07, 6.45) is 2.51. The maximum absolute atomic E-state index is 5.32. The lowest BCUT2D eigenvalue weighted by Gasteiger charge is -2.39. The van der Waals surface area contributed by atoms with Gasteiger partial charge in [-0.1, -0.05) is 5.16 Å². The fourth-order valence-corrected chi connectivity index (χ4v) is 2.07. The molecule has 3 fully saturated rings. The van der Waals surface area contributed by atoms with Gasteiger partial charge in [-0.2, -0.15) is 0 Å². The Kier molecular flexibility index (Phi) is 2.80. The summed E-state index contributed by atoms with van der Waals surface area (Å²) in [5.74, 6) is 0.683. The van der Waals surface area contributed by atoms with Gasteiger partial charge in [0, 0.05) is 19.0 Å². The van der Waals surface area contributed by atoms with Crippen LogP contribution >= 0.6 is 0 Å². The number of nitrogens with two attached hydrogens (primary N) is 1. The van der Waals surface area contributed by atoms with E-state index in [0.717, 1.165) is 6.54 Å². The van der Waals surface area contributed by atoms with Crippen molar-refractivity contribution < 1.29 is 4.84 Å². The quantitative estimate of drug-likeness (QED) is 0.496. The predicted octanol–water partition coefficient (Wildman–Crippen LogP) is 0.0433. The molecule has 0 unspecified atom stereocenters. The Morgan fingerprint density at radius 3 is 2.77 bits per heavy atom. The molecule has 3 aliphatic rings. The molecule has 0 aliphatic carbocycles. The molecule has 4 heteroatoms. The Hall–Kier alpha value is -0.610. The van der Waals surface area contributed by atoms with Crippen LogP contribution in [-0.2, 0) is 4.84 Å². The number of rotatable bonds is 3. The van der Waals surface area contributed by atoms with Crippen molar-refractivity contribution in [2.45, 2.75) is 12.8 Å². The van der Waals surface area contributed by atoms with E-state index in [1.807, 2.05) is 0 Å². The van der Waals surface area contributed by atoms with Gasteiger partial charge < -0.3 is 10.6 Å². The molecule has 3 aliphatic heterocycles. The van der Waals surface area contributed by atoms with Gasteiger partial charge in [0.15, 0.2) is 0 Å². The summed E-state index contributed by atoms with van der Waals surface area (Å²) < 4.78 is 0.